The highest BCUT2D eigenvalue weighted by Gasteiger charge is 2.50. The minimum absolute atomic E-state index is 0.0163. The van der Waals surface area contributed by atoms with Crippen molar-refractivity contribution in [1.82, 2.24) is 25.6 Å². The summed E-state index contributed by atoms with van der Waals surface area (Å²) in [6.07, 6.45) is -0.714. The molecular formula is C25H27N5O6. The van der Waals surface area contributed by atoms with E-state index in [1.807, 2.05) is 23.1 Å². The zero-order valence-corrected chi connectivity index (χ0v) is 19.8. The van der Waals surface area contributed by atoms with E-state index >= 15 is 0 Å². The summed E-state index contributed by atoms with van der Waals surface area (Å²) in [5, 5.41) is 3.38. The Labute approximate surface area is 207 Å². The molecular weight excluding hydrogens is 466 g/mol. The second-order valence-electron chi connectivity index (χ2n) is 9.06. The van der Waals surface area contributed by atoms with Gasteiger partial charge in [-0.3, -0.25) is 24.7 Å². The maximum atomic E-state index is 13.0. The molecule has 0 saturated carbocycles. The third-order valence-corrected chi connectivity index (χ3v) is 6.61. The van der Waals surface area contributed by atoms with Crippen LogP contribution in [-0.2, 0) is 19.9 Å². The molecule has 5 amide bonds. The summed E-state index contributed by atoms with van der Waals surface area (Å²) >= 11 is 0. The first-order valence-corrected chi connectivity index (χ1v) is 11.8. The number of ether oxygens (including phenoxy) is 2. The normalized spacial score (nSPS) is 23.9. The van der Waals surface area contributed by atoms with Crippen molar-refractivity contribution in [2.45, 2.75) is 18.6 Å². The van der Waals surface area contributed by atoms with Crippen molar-refractivity contribution in [3.05, 3.63) is 60.2 Å². The zero-order chi connectivity index (χ0) is 25.3. The van der Waals surface area contributed by atoms with Gasteiger partial charge >= 0.3 is 6.03 Å². The number of urea groups is 1. The van der Waals surface area contributed by atoms with E-state index in [0.29, 0.717) is 43.2 Å². The van der Waals surface area contributed by atoms with Gasteiger partial charge < -0.3 is 19.7 Å². The van der Waals surface area contributed by atoms with E-state index in [4.69, 9.17) is 9.47 Å². The van der Waals surface area contributed by atoms with E-state index in [9.17, 15) is 19.2 Å². The van der Waals surface area contributed by atoms with Crippen LogP contribution in [0.2, 0.25) is 0 Å². The Bertz CT molecular complexity index is 1180. The number of nitrogens with zero attached hydrogens (tertiary/aromatic N) is 3. The topological polar surface area (TPSA) is 121 Å². The molecule has 0 bridgehead atoms. The summed E-state index contributed by atoms with van der Waals surface area (Å²) in [7, 11) is 0. The van der Waals surface area contributed by atoms with Gasteiger partial charge in [0.05, 0.1) is 6.54 Å². The summed E-state index contributed by atoms with van der Waals surface area (Å²) in [6, 6.07) is 15.4. The van der Waals surface area contributed by atoms with Crippen LogP contribution in [0.15, 0.2) is 54.6 Å². The van der Waals surface area contributed by atoms with E-state index in [1.165, 1.54) is 0 Å². The van der Waals surface area contributed by atoms with Crippen molar-refractivity contribution < 1.29 is 28.7 Å². The average Bonchev–Trinajstić information content (AvgIpc) is 3.12. The minimum Gasteiger partial charge on any atom is -0.485 e. The molecule has 2 saturated heterocycles. The lowest BCUT2D eigenvalue weighted by Gasteiger charge is -2.37. The van der Waals surface area contributed by atoms with E-state index in [0.717, 1.165) is 5.01 Å². The molecule has 0 aromatic heterocycles. The molecule has 0 unspecified atom stereocenters. The molecule has 36 heavy (non-hydrogen) atoms. The van der Waals surface area contributed by atoms with Gasteiger partial charge in [-0.25, -0.2) is 4.79 Å². The average molecular weight is 494 g/mol. The van der Waals surface area contributed by atoms with Crippen LogP contribution in [0.25, 0.3) is 0 Å². The fourth-order valence-electron chi connectivity index (χ4n) is 4.54. The molecule has 0 aliphatic carbocycles. The number of rotatable bonds is 5. The SMILES string of the molecule is C[C@]1(c2ccccc2)NC(=O)N(NC(=O)CN2CCN(C(=O)[C@H]3COc4ccccc4O3)CC2)C1=O. The Balaban J connectivity index is 1.11. The third kappa shape index (κ3) is 4.44. The van der Waals surface area contributed by atoms with E-state index in [-0.39, 0.29) is 19.1 Å². The van der Waals surface area contributed by atoms with Gasteiger partial charge in [0, 0.05) is 26.2 Å². The third-order valence-electron chi connectivity index (χ3n) is 6.61. The smallest absolute Gasteiger partial charge is 0.344 e. The van der Waals surface area contributed by atoms with Crippen LogP contribution in [0.3, 0.4) is 0 Å². The number of hydrazine groups is 1. The van der Waals surface area contributed by atoms with Crippen molar-refractivity contribution in [1.29, 1.82) is 0 Å². The maximum absolute atomic E-state index is 13.0. The quantitative estimate of drug-likeness (QED) is 0.581. The van der Waals surface area contributed by atoms with Gasteiger partial charge in [-0.15, -0.1) is 0 Å². The lowest BCUT2D eigenvalue weighted by Crippen LogP contribution is -2.56. The van der Waals surface area contributed by atoms with E-state index in [2.05, 4.69) is 10.7 Å². The highest BCUT2D eigenvalue weighted by atomic mass is 16.6. The molecule has 2 aromatic rings. The summed E-state index contributed by atoms with van der Waals surface area (Å²) in [4.78, 5) is 54.5. The predicted octanol–water partition coefficient (Wildman–Crippen LogP) is 0.469. The Morgan fingerprint density at radius 1 is 1.00 bits per heavy atom. The molecule has 3 aliphatic heterocycles. The molecule has 11 nitrogen and oxygen atoms in total. The number of imide groups is 1. The highest BCUT2D eigenvalue weighted by Crippen LogP contribution is 2.31. The summed E-state index contributed by atoms with van der Waals surface area (Å²) in [6.45, 7) is 3.50. The molecule has 2 N–H and O–H groups in total. The fraction of sp³-hybridized carbons (Fsp3) is 0.360. The minimum atomic E-state index is -1.26. The lowest BCUT2D eigenvalue weighted by atomic mass is 9.92. The molecule has 2 aromatic carbocycles. The molecule has 0 radical (unpaired) electrons. The van der Waals surface area contributed by atoms with Crippen molar-refractivity contribution in [2.75, 3.05) is 39.3 Å². The number of nitrogens with one attached hydrogen (secondary N) is 2. The Kier molecular flexibility index (Phi) is 6.23. The van der Waals surface area contributed by atoms with Gasteiger partial charge in [0.25, 0.3) is 17.7 Å². The van der Waals surface area contributed by atoms with Crippen LogP contribution in [0, 0.1) is 0 Å². The van der Waals surface area contributed by atoms with Crippen LogP contribution < -0.4 is 20.2 Å². The second kappa shape index (κ2) is 9.50. The summed E-state index contributed by atoms with van der Waals surface area (Å²) in [5.74, 6) is -0.0454. The van der Waals surface area contributed by atoms with Gasteiger partial charge in [-0.1, -0.05) is 42.5 Å². The van der Waals surface area contributed by atoms with Gasteiger partial charge in [0.1, 0.15) is 12.1 Å². The molecule has 2 fully saturated rings. The van der Waals surface area contributed by atoms with Crippen LogP contribution in [0.5, 0.6) is 11.5 Å². The molecule has 3 heterocycles. The number of fused-ring (bicyclic) bond motifs is 1. The number of piperazine rings is 1. The molecule has 0 spiro atoms. The number of hydrogen-bond acceptors (Lipinski definition) is 7. The van der Waals surface area contributed by atoms with Gasteiger partial charge in [0.15, 0.2) is 11.5 Å². The first kappa shape index (κ1) is 23.6. The number of hydrogen-bond donors (Lipinski definition) is 2. The van der Waals surface area contributed by atoms with Crippen LogP contribution >= 0.6 is 0 Å². The first-order valence-electron chi connectivity index (χ1n) is 11.8. The number of para-hydroxylation sites is 2. The van der Waals surface area contributed by atoms with Crippen molar-refractivity contribution in [2.24, 2.45) is 0 Å². The first-order chi connectivity index (χ1) is 17.3. The molecule has 11 heteroatoms. The Morgan fingerprint density at radius 3 is 2.39 bits per heavy atom. The molecule has 3 aliphatic rings. The number of benzene rings is 2. The van der Waals surface area contributed by atoms with E-state index < -0.39 is 29.5 Å². The standard InChI is InChI=1S/C25H27N5O6/c1-25(17-7-3-2-4-8-17)23(33)30(24(34)26-25)27-21(31)15-28-11-13-29(14-12-28)22(32)20-16-35-18-9-5-6-10-19(18)36-20/h2-10,20H,11-16H2,1H3,(H,26,34)(H,27,31)/t20-,25-/m1/s1. The molecule has 188 valence electrons. The van der Waals surface area contributed by atoms with Crippen LogP contribution in [0.4, 0.5) is 4.79 Å². The Morgan fingerprint density at radius 2 is 1.67 bits per heavy atom. The van der Waals surface area contributed by atoms with Crippen LogP contribution in [0.1, 0.15) is 12.5 Å². The number of amides is 5. The zero-order valence-electron chi connectivity index (χ0n) is 19.8. The number of carbonyl (C=O) groups excluding carboxylic acids is 4. The van der Waals surface area contributed by atoms with Gasteiger partial charge in [-0.05, 0) is 24.6 Å². The second-order valence-corrected chi connectivity index (χ2v) is 9.06. The largest absolute Gasteiger partial charge is 0.485 e. The molecule has 2 atom stereocenters. The van der Waals surface area contributed by atoms with Crippen LogP contribution in [-0.4, -0.2) is 84.0 Å². The maximum Gasteiger partial charge on any atom is 0.344 e. The van der Waals surface area contributed by atoms with E-state index in [1.54, 1.807) is 48.2 Å². The molecule has 5 rings (SSSR count). The van der Waals surface area contributed by atoms with Gasteiger partial charge in [0.2, 0.25) is 6.10 Å². The lowest BCUT2D eigenvalue weighted by molar-refractivity contribution is -0.144. The highest BCUT2D eigenvalue weighted by molar-refractivity contribution is 6.08. The van der Waals surface area contributed by atoms with Crippen molar-refractivity contribution >= 4 is 23.8 Å². The van der Waals surface area contributed by atoms with Crippen molar-refractivity contribution in [3.8, 4) is 11.5 Å². The Hall–Kier alpha value is -4.12. The predicted molar refractivity (Wildman–Crippen MR) is 127 cm³/mol. The fourth-order valence-corrected chi connectivity index (χ4v) is 4.54. The summed E-state index contributed by atoms with van der Waals surface area (Å²) < 4.78 is 11.5. The summed E-state index contributed by atoms with van der Waals surface area (Å²) in [5.41, 5.74) is 1.78. The monoisotopic (exact) mass is 493 g/mol. The van der Waals surface area contributed by atoms with Gasteiger partial charge in [-0.2, -0.15) is 5.01 Å². The van der Waals surface area contributed by atoms with Crippen molar-refractivity contribution in [3.63, 3.8) is 0 Å². The number of carbonyl (C=O) groups is 4.